The van der Waals surface area contributed by atoms with E-state index in [-0.39, 0.29) is 0 Å². The fourth-order valence-electron chi connectivity index (χ4n) is 1.86. The zero-order valence-corrected chi connectivity index (χ0v) is 12.7. The average Bonchev–Trinajstić information content (AvgIpc) is 2.88. The van der Waals surface area contributed by atoms with Gasteiger partial charge in [0.1, 0.15) is 17.4 Å². The van der Waals surface area contributed by atoms with Gasteiger partial charge in [-0.2, -0.15) is 0 Å². The van der Waals surface area contributed by atoms with Gasteiger partial charge >= 0.3 is 0 Å². The summed E-state index contributed by atoms with van der Waals surface area (Å²) in [4.78, 5) is 4.36. The molecule has 0 unspecified atom stereocenters. The Bertz CT molecular complexity index is 781. The van der Waals surface area contributed by atoms with Crippen LogP contribution in [0.2, 0.25) is 0 Å². The van der Waals surface area contributed by atoms with Gasteiger partial charge in [0.15, 0.2) is 0 Å². The van der Waals surface area contributed by atoms with Gasteiger partial charge in [-0.15, -0.1) is 5.10 Å². The maximum Gasteiger partial charge on any atom is 0.135 e. The van der Waals surface area contributed by atoms with Crippen molar-refractivity contribution in [3.63, 3.8) is 0 Å². The summed E-state index contributed by atoms with van der Waals surface area (Å²) in [5, 5.41) is 8.59. The highest BCUT2D eigenvalue weighted by atomic mass is 79.9. The topological polar surface area (TPSA) is 43.1 Å². The van der Waals surface area contributed by atoms with Crippen LogP contribution >= 0.6 is 27.5 Å². The normalized spacial score (nSPS) is 12.0. The molecule has 1 heterocycles. The second-order valence-corrected chi connectivity index (χ2v) is 5.36. The number of para-hydroxylation sites is 1. The predicted octanol–water partition coefficient (Wildman–Crippen LogP) is 3.84. The molecule has 4 nitrogen and oxygen atoms in total. The maximum absolute atomic E-state index is 6.24. The van der Waals surface area contributed by atoms with Crippen molar-refractivity contribution in [2.24, 2.45) is 4.99 Å². The number of hydrogen-bond donors (Lipinski definition) is 0. The Balaban J connectivity index is 1.89. The Kier molecular flexibility index (Phi) is 3.80. The van der Waals surface area contributed by atoms with Crippen molar-refractivity contribution in [1.82, 2.24) is 15.0 Å². The van der Waals surface area contributed by atoms with E-state index in [2.05, 4.69) is 31.2 Å². The third kappa shape index (κ3) is 2.59. The monoisotopic (exact) mass is 348 g/mol. The van der Waals surface area contributed by atoms with Crippen LogP contribution in [0.25, 0.3) is 11.0 Å². The van der Waals surface area contributed by atoms with E-state index >= 15 is 0 Å². The summed E-state index contributed by atoms with van der Waals surface area (Å²) in [6, 6.07) is 15.4. The summed E-state index contributed by atoms with van der Waals surface area (Å²) >= 11 is 9.69. The number of benzene rings is 2. The standard InChI is InChI=1S/C14H10BrClN4/c15-11-6-2-1-5-10(11)14(16)17-9-20-13-8-4-3-7-12(13)18-19-20/h1-8H,9H2/b17-14-. The van der Waals surface area contributed by atoms with Crippen molar-refractivity contribution in [2.45, 2.75) is 6.67 Å². The average molecular weight is 350 g/mol. The summed E-state index contributed by atoms with van der Waals surface area (Å²) in [6.07, 6.45) is 0. The van der Waals surface area contributed by atoms with Crippen LogP contribution in [0.5, 0.6) is 0 Å². The predicted molar refractivity (Wildman–Crippen MR) is 84.1 cm³/mol. The van der Waals surface area contributed by atoms with Crippen LogP contribution in [0, 0.1) is 0 Å². The Morgan fingerprint density at radius 3 is 2.75 bits per heavy atom. The first kappa shape index (κ1) is 13.3. The van der Waals surface area contributed by atoms with Gasteiger partial charge in [-0.25, -0.2) is 9.67 Å². The summed E-state index contributed by atoms with van der Waals surface area (Å²) in [5.74, 6) is 0. The molecule has 20 heavy (non-hydrogen) atoms. The van der Waals surface area contributed by atoms with Crippen LogP contribution in [0.15, 0.2) is 58.0 Å². The lowest BCUT2D eigenvalue weighted by molar-refractivity contribution is 0.630. The molecule has 0 saturated carbocycles. The molecule has 1 aromatic heterocycles. The molecule has 0 fully saturated rings. The molecule has 6 heteroatoms. The third-order valence-corrected chi connectivity index (χ3v) is 3.87. The van der Waals surface area contributed by atoms with Gasteiger partial charge in [-0.1, -0.05) is 63.1 Å². The van der Waals surface area contributed by atoms with E-state index in [1.807, 2.05) is 48.5 Å². The zero-order chi connectivity index (χ0) is 13.9. The van der Waals surface area contributed by atoms with E-state index in [9.17, 15) is 0 Å². The molecular formula is C14H10BrClN4. The Morgan fingerprint density at radius 1 is 1.15 bits per heavy atom. The van der Waals surface area contributed by atoms with Gasteiger partial charge in [0, 0.05) is 10.0 Å². The molecule has 0 amide bonds. The Hall–Kier alpha value is -1.72. The van der Waals surface area contributed by atoms with Crippen LogP contribution in [-0.2, 0) is 6.67 Å². The van der Waals surface area contributed by atoms with Crippen molar-refractivity contribution in [3.05, 3.63) is 58.6 Å². The van der Waals surface area contributed by atoms with Crippen LogP contribution < -0.4 is 0 Å². The SMILES string of the molecule is Cl/C(=N\Cn1nnc2ccccc21)c1ccccc1Br. The lowest BCUT2D eigenvalue weighted by Crippen LogP contribution is -2.01. The van der Waals surface area contributed by atoms with Crippen molar-refractivity contribution in [1.29, 1.82) is 0 Å². The molecule has 100 valence electrons. The summed E-state index contributed by atoms with van der Waals surface area (Å²) < 4.78 is 2.63. The van der Waals surface area contributed by atoms with Gasteiger partial charge < -0.3 is 0 Å². The minimum Gasteiger partial charge on any atom is -0.249 e. The number of aromatic nitrogens is 3. The molecule has 0 spiro atoms. The van der Waals surface area contributed by atoms with E-state index in [1.54, 1.807) is 4.68 Å². The molecule has 3 aromatic rings. The number of halogens is 2. The van der Waals surface area contributed by atoms with Gasteiger partial charge in [-0.05, 0) is 18.2 Å². The zero-order valence-electron chi connectivity index (χ0n) is 10.4. The molecule has 0 radical (unpaired) electrons. The van der Waals surface area contributed by atoms with E-state index in [4.69, 9.17) is 11.6 Å². The molecule has 0 saturated heterocycles. The number of nitrogens with zero attached hydrogens (tertiary/aromatic N) is 4. The lowest BCUT2D eigenvalue weighted by Gasteiger charge is -2.02. The smallest absolute Gasteiger partial charge is 0.135 e. The van der Waals surface area contributed by atoms with Crippen LogP contribution in [0.3, 0.4) is 0 Å². The summed E-state index contributed by atoms with van der Waals surface area (Å²) in [5.41, 5.74) is 2.64. The van der Waals surface area contributed by atoms with Crippen LogP contribution in [-0.4, -0.2) is 20.2 Å². The first-order valence-electron chi connectivity index (χ1n) is 5.99. The highest BCUT2D eigenvalue weighted by molar-refractivity contribution is 9.10. The van der Waals surface area contributed by atoms with Crippen molar-refractivity contribution < 1.29 is 0 Å². The second-order valence-electron chi connectivity index (χ2n) is 4.15. The highest BCUT2D eigenvalue weighted by Crippen LogP contribution is 2.19. The van der Waals surface area contributed by atoms with Crippen molar-refractivity contribution >= 4 is 43.7 Å². The Labute approximate surface area is 129 Å². The van der Waals surface area contributed by atoms with Crippen LogP contribution in [0.4, 0.5) is 0 Å². The molecule has 3 rings (SSSR count). The fraction of sp³-hybridized carbons (Fsp3) is 0.0714. The second kappa shape index (κ2) is 5.73. The number of rotatable bonds is 3. The summed E-state index contributed by atoms with van der Waals surface area (Å²) in [6.45, 7) is 0.334. The lowest BCUT2D eigenvalue weighted by atomic mass is 10.2. The molecular weight excluding hydrogens is 340 g/mol. The maximum atomic E-state index is 6.24. The summed E-state index contributed by atoms with van der Waals surface area (Å²) in [7, 11) is 0. The number of aliphatic imine (C=N–C) groups is 1. The first-order chi connectivity index (χ1) is 9.75. The quantitative estimate of drug-likeness (QED) is 0.674. The van der Waals surface area contributed by atoms with Gasteiger partial charge in [0.05, 0.1) is 5.52 Å². The minimum absolute atomic E-state index is 0.334. The van der Waals surface area contributed by atoms with Crippen LogP contribution in [0.1, 0.15) is 5.56 Å². The van der Waals surface area contributed by atoms with Crippen molar-refractivity contribution in [2.75, 3.05) is 0 Å². The van der Waals surface area contributed by atoms with E-state index in [0.717, 1.165) is 21.1 Å². The van der Waals surface area contributed by atoms with E-state index < -0.39 is 0 Å². The molecule has 0 atom stereocenters. The largest absolute Gasteiger partial charge is 0.249 e. The fourth-order valence-corrected chi connectivity index (χ4v) is 2.67. The molecule has 0 aliphatic carbocycles. The third-order valence-electron chi connectivity index (χ3n) is 2.86. The number of fused-ring (bicyclic) bond motifs is 1. The van der Waals surface area contributed by atoms with Crippen molar-refractivity contribution in [3.8, 4) is 0 Å². The Morgan fingerprint density at radius 2 is 1.90 bits per heavy atom. The van der Waals surface area contributed by atoms with E-state index in [1.165, 1.54) is 0 Å². The van der Waals surface area contributed by atoms with Gasteiger partial charge in [0.2, 0.25) is 0 Å². The number of hydrogen-bond acceptors (Lipinski definition) is 3. The molecule has 0 aliphatic rings. The highest BCUT2D eigenvalue weighted by Gasteiger charge is 2.06. The van der Waals surface area contributed by atoms with E-state index in [0.29, 0.717) is 11.8 Å². The first-order valence-corrected chi connectivity index (χ1v) is 7.16. The molecule has 0 aliphatic heterocycles. The molecule has 0 bridgehead atoms. The molecule has 2 aromatic carbocycles. The minimum atomic E-state index is 0.334. The van der Waals surface area contributed by atoms with Gasteiger partial charge in [-0.3, -0.25) is 0 Å². The molecule has 0 N–H and O–H groups in total. The van der Waals surface area contributed by atoms with Gasteiger partial charge in [0.25, 0.3) is 0 Å².